The maximum Gasteiger partial charge on any atom is 0.248 e. The van der Waals surface area contributed by atoms with E-state index in [2.05, 4.69) is 51.0 Å². The molecule has 9 heteroatoms. The van der Waals surface area contributed by atoms with Gasteiger partial charge in [0.15, 0.2) is 10.9 Å². The molecular formula is C21H22N6O2S. The first-order valence-corrected chi connectivity index (χ1v) is 10.2. The van der Waals surface area contributed by atoms with E-state index in [0.29, 0.717) is 22.6 Å². The minimum absolute atomic E-state index is 0.160. The van der Waals surface area contributed by atoms with Crippen LogP contribution in [-0.4, -0.2) is 31.8 Å². The maximum atomic E-state index is 12.7. The topological polar surface area (TPSA) is 110 Å². The summed E-state index contributed by atoms with van der Waals surface area (Å²) in [5.41, 5.74) is 2.05. The lowest BCUT2D eigenvalue weighted by atomic mass is 10.0. The van der Waals surface area contributed by atoms with Gasteiger partial charge in [-0.15, -0.1) is 11.3 Å². The van der Waals surface area contributed by atoms with Gasteiger partial charge in [-0.2, -0.15) is 0 Å². The van der Waals surface area contributed by atoms with Crippen molar-refractivity contribution < 1.29 is 9.59 Å². The average Bonchev–Trinajstić information content (AvgIpc) is 3.22. The van der Waals surface area contributed by atoms with Gasteiger partial charge in [-0.25, -0.2) is 9.97 Å². The van der Waals surface area contributed by atoms with Crippen LogP contribution < -0.4 is 10.6 Å². The van der Waals surface area contributed by atoms with Crippen molar-refractivity contribution in [2.45, 2.75) is 32.6 Å². The Labute approximate surface area is 178 Å². The summed E-state index contributed by atoms with van der Waals surface area (Å²) in [6.45, 7) is 9.38. The zero-order valence-electron chi connectivity index (χ0n) is 16.9. The Bertz CT molecular complexity index is 1060. The highest BCUT2D eigenvalue weighted by Crippen LogP contribution is 2.27. The summed E-state index contributed by atoms with van der Waals surface area (Å²) in [4.78, 5) is 42.1. The van der Waals surface area contributed by atoms with Crippen molar-refractivity contribution in [3.63, 3.8) is 0 Å². The van der Waals surface area contributed by atoms with Gasteiger partial charge in [0.1, 0.15) is 0 Å². The van der Waals surface area contributed by atoms with Crippen LogP contribution in [0.1, 0.15) is 43.0 Å². The molecule has 3 heterocycles. The summed E-state index contributed by atoms with van der Waals surface area (Å²) in [7, 11) is 0. The lowest BCUT2D eigenvalue weighted by Crippen LogP contribution is -2.18. The van der Waals surface area contributed by atoms with Crippen molar-refractivity contribution in [1.29, 1.82) is 0 Å². The van der Waals surface area contributed by atoms with Crippen molar-refractivity contribution in [2.75, 3.05) is 10.6 Å². The highest BCUT2D eigenvalue weighted by atomic mass is 32.1. The molecule has 0 aliphatic heterocycles. The first-order chi connectivity index (χ1) is 14.4. The van der Waals surface area contributed by atoms with E-state index in [0.717, 1.165) is 22.1 Å². The summed E-state index contributed by atoms with van der Waals surface area (Å²) in [5, 5.41) is 6.00. The van der Waals surface area contributed by atoms with Crippen LogP contribution >= 0.6 is 11.3 Å². The number of carbonyl (C=O) groups is 2. The Morgan fingerprint density at radius 2 is 1.83 bits per heavy atom. The van der Waals surface area contributed by atoms with Crippen LogP contribution in [0.2, 0.25) is 0 Å². The lowest BCUT2D eigenvalue weighted by molar-refractivity contribution is -0.117. The molecule has 0 aliphatic rings. The molecule has 0 aliphatic carbocycles. The molecule has 2 N–H and O–H groups in total. The lowest BCUT2D eigenvalue weighted by Gasteiger charge is -2.12. The quantitative estimate of drug-likeness (QED) is 0.557. The van der Waals surface area contributed by atoms with Gasteiger partial charge in [-0.1, -0.05) is 20.4 Å². The molecule has 1 unspecified atom stereocenters. The second-order valence-electron chi connectivity index (χ2n) is 6.92. The Balaban J connectivity index is 1.72. The highest BCUT2D eigenvalue weighted by molar-refractivity contribution is 7.15. The Hall–Kier alpha value is -3.46. The zero-order chi connectivity index (χ0) is 21.7. The monoisotopic (exact) mass is 422 g/mol. The third-order valence-corrected chi connectivity index (χ3v) is 5.57. The molecule has 0 fully saturated rings. The molecule has 0 aromatic carbocycles. The van der Waals surface area contributed by atoms with Gasteiger partial charge in [-0.3, -0.25) is 19.6 Å². The van der Waals surface area contributed by atoms with Gasteiger partial charge < -0.3 is 10.6 Å². The third kappa shape index (κ3) is 5.12. The largest absolute Gasteiger partial charge is 0.306 e. The number of nitrogens with zero attached hydrogens (tertiary/aromatic N) is 4. The molecule has 0 radical (unpaired) electrons. The van der Waals surface area contributed by atoms with Gasteiger partial charge in [-0.05, 0) is 30.5 Å². The van der Waals surface area contributed by atoms with E-state index in [1.54, 1.807) is 18.6 Å². The van der Waals surface area contributed by atoms with Gasteiger partial charge in [0.2, 0.25) is 11.8 Å². The van der Waals surface area contributed by atoms with Crippen LogP contribution in [0.4, 0.5) is 10.9 Å². The standard InChI is InChI=1S/C21H22N6O2S/c1-5-19(28)26-18-11-23-16(9-24-18)15-6-14(7-22-8-15)13(4)20(29)27-21-25-10-17(30-21)12(2)3/h5-13H,1H2,2-4H3,(H,24,26,28)(H,25,27,29). The second-order valence-corrected chi connectivity index (χ2v) is 7.98. The number of hydrogen-bond donors (Lipinski definition) is 2. The number of rotatable bonds is 7. The van der Waals surface area contributed by atoms with E-state index in [4.69, 9.17) is 0 Å². The summed E-state index contributed by atoms with van der Waals surface area (Å²) < 4.78 is 0. The fourth-order valence-electron chi connectivity index (χ4n) is 2.53. The van der Waals surface area contributed by atoms with Crippen LogP contribution in [0, 0.1) is 0 Å². The highest BCUT2D eigenvalue weighted by Gasteiger charge is 2.18. The molecule has 0 bridgehead atoms. The molecule has 0 saturated carbocycles. The predicted molar refractivity (Wildman–Crippen MR) is 117 cm³/mol. The predicted octanol–water partition coefficient (Wildman–Crippen LogP) is 3.99. The number of pyridine rings is 1. The van der Waals surface area contributed by atoms with Crippen molar-refractivity contribution in [3.05, 3.63) is 60.1 Å². The van der Waals surface area contributed by atoms with Crippen LogP contribution in [0.3, 0.4) is 0 Å². The first kappa shape index (κ1) is 21.3. The Kier molecular flexibility index (Phi) is 6.63. The van der Waals surface area contributed by atoms with E-state index >= 15 is 0 Å². The molecule has 0 saturated heterocycles. The van der Waals surface area contributed by atoms with Gasteiger partial charge in [0, 0.05) is 29.0 Å². The minimum atomic E-state index is -0.428. The van der Waals surface area contributed by atoms with Crippen LogP contribution in [0.25, 0.3) is 11.3 Å². The van der Waals surface area contributed by atoms with Crippen LogP contribution in [-0.2, 0) is 9.59 Å². The number of nitrogens with one attached hydrogen (secondary N) is 2. The first-order valence-electron chi connectivity index (χ1n) is 9.34. The van der Waals surface area contributed by atoms with Crippen molar-refractivity contribution in [3.8, 4) is 11.3 Å². The van der Waals surface area contributed by atoms with Gasteiger partial charge in [0.05, 0.1) is 24.0 Å². The van der Waals surface area contributed by atoms with E-state index in [9.17, 15) is 9.59 Å². The number of thiazole rings is 1. The van der Waals surface area contributed by atoms with Crippen molar-refractivity contribution in [1.82, 2.24) is 19.9 Å². The number of hydrogen-bond acceptors (Lipinski definition) is 7. The fraction of sp³-hybridized carbons (Fsp3) is 0.238. The van der Waals surface area contributed by atoms with E-state index in [1.807, 2.05) is 13.0 Å². The summed E-state index contributed by atoms with van der Waals surface area (Å²) in [6.07, 6.45) is 9.24. The summed E-state index contributed by atoms with van der Waals surface area (Å²) in [6, 6.07) is 1.85. The molecule has 154 valence electrons. The van der Waals surface area contributed by atoms with Crippen LogP contribution in [0.15, 0.2) is 49.7 Å². The molecule has 8 nitrogen and oxygen atoms in total. The third-order valence-electron chi connectivity index (χ3n) is 4.36. The number of amides is 2. The average molecular weight is 423 g/mol. The summed E-state index contributed by atoms with van der Waals surface area (Å²) in [5.74, 6) is -0.259. The Morgan fingerprint density at radius 1 is 1.03 bits per heavy atom. The summed E-state index contributed by atoms with van der Waals surface area (Å²) >= 11 is 1.48. The van der Waals surface area contributed by atoms with E-state index in [1.165, 1.54) is 23.7 Å². The molecule has 0 spiro atoms. The molecule has 3 aromatic rings. The number of aromatic nitrogens is 4. The van der Waals surface area contributed by atoms with Gasteiger partial charge >= 0.3 is 0 Å². The van der Waals surface area contributed by atoms with Crippen molar-refractivity contribution in [2.24, 2.45) is 0 Å². The number of carbonyl (C=O) groups excluding carboxylic acids is 2. The molecular weight excluding hydrogens is 400 g/mol. The van der Waals surface area contributed by atoms with Crippen molar-refractivity contribution >= 4 is 34.1 Å². The maximum absolute atomic E-state index is 12.7. The van der Waals surface area contributed by atoms with E-state index in [-0.39, 0.29) is 11.8 Å². The fourth-order valence-corrected chi connectivity index (χ4v) is 3.35. The second kappa shape index (κ2) is 9.36. The number of anilines is 2. The smallest absolute Gasteiger partial charge is 0.248 e. The molecule has 1 atom stereocenters. The zero-order valence-corrected chi connectivity index (χ0v) is 17.7. The molecule has 2 amide bonds. The molecule has 30 heavy (non-hydrogen) atoms. The molecule has 3 aromatic heterocycles. The minimum Gasteiger partial charge on any atom is -0.306 e. The van der Waals surface area contributed by atoms with E-state index < -0.39 is 5.92 Å². The Morgan fingerprint density at radius 3 is 2.47 bits per heavy atom. The normalized spacial score (nSPS) is 11.7. The van der Waals surface area contributed by atoms with Gasteiger partial charge in [0.25, 0.3) is 0 Å². The SMILES string of the molecule is C=CC(=O)Nc1cnc(-c2cncc(C(C)C(=O)Nc3ncc(C(C)C)s3)c2)cn1. The molecule has 3 rings (SSSR count). The van der Waals surface area contributed by atoms with Crippen LogP contribution in [0.5, 0.6) is 0 Å².